The van der Waals surface area contributed by atoms with Gasteiger partial charge in [-0.2, -0.15) is 5.10 Å². The van der Waals surface area contributed by atoms with Gasteiger partial charge >= 0.3 is 0 Å². The van der Waals surface area contributed by atoms with Gasteiger partial charge in [-0.1, -0.05) is 37.3 Å². The van der Waals surface area contributed by atoms with Crippen LogP contribution in [0.25, 0.3) is 5.65 Å². The molecule has 0 spiro atoms. The Morgan fingerprint density at radius 2 is 2.13 bits per heavy atom. The van der Waals surface area contributed by atoms with Crippen molar-refractivity contribution < 1.29 is 0 Å². The van der Waals surface area contributed by atoms with Gasteiger partial charge in [0.2, 0.25) is 0 Å². The van der Waals surface area contributed by atoms with Gasteiger partial charge in [-0.25, -0.2) is 4.52 Å². The molecular formula is C18H20N4O. The highest BCUT2D eigenvalue weighted by atomic mass is 16.1. The van der Waals surface area contributed by atoms with Crippen molar-refractivity contribution in [2.24, 2.45) is 0 Å². The van der Waals surface area contributed by atoms with Crippen LogP contribution in [0.5, 0.6) is 0 Å². The first kappa shape index (κ1) is 14.2. The van der Waals surface area contributed by atoms with Gasteiger partial charge in [0.1, 0.15) is 5.65 Å². The number of rotatable bonds is 3. The summed E-state index contributed by atoms with van der Waals surface area (Å²) in [4.78, 5) is 15.6. The highest BCUT2D eigenvalue weighted by Crippen LogP contribution is 2.19. The summed E-state index contributed by atoms with van der Waals surface area (Å²) in [5.74, 6) is 0. The van der Waals surface area contributed by atoms with Crippen LogP contribution in [0.4, 0.5) is 0 Å². The van der Waals surface area contributed by atoms with Crippen molar-refractivity contribution in [1.29, 1.82) is 0 Å². The number of hydrogen-bond donors (Lipinski definition) is 2. The van der Waals surface area contributed by atoms with E-state index in [1.165, 1.54) is 5.56 Å². The van der Waals surface area contributed by atoms with Crippen LogP contribution in [-0.2, 0) is 19.4 Å². The SMILES string of the molecule is CCC1Cc2c(n3ncc(Cc4ccccc4)c3[nH]c2=O)CN1. The predicted octanol–water partition coefficient (Wildman–Crippen LogP) is 2.04. The molecule has 4 rings (SSSR count). The topological polar surface area (TPSA) is 62.2 Å². The molecule has 2 N–H and O–H groups in total. The molecule has 0 radical (unpaired) electrons. The Morgan fingerprint density at radius 3 is 2.91 bits per heavy atom. The van der Waals surface area contributed by atoms with E-state index in [0.717, 1.165) is 41.7 Å². The Morgan fingerprint density at radius 1 is 1.30 bits per heavy atom. The molecule has 5 heteroatoms. The Kier molecular flexibility index (Phi) is 3.50. The summed E-state index contributed by atoms with van der Waals surface area (Å²) in [5.41, 5.74) is 4.97. The quantitative estimate of drug-likeness (QED) is 0.778. The van der Waals surface area contributed by atoms with Gasteiger partial charge in [0.05, 0.1) is 11.9 Å². The minimum atomic E-state index is 0.0299. The average Bonchev–Trinajstić information content (AvgIpc) is 2.98. The molecule has 1 aromatic carbocycles. The number of benzene rings is 1. The molecule has 3 aromatic rings. The lowest BCUT2D eigenvalue weighted by Gasteiger charge is -2.24. The minimum absolute atomic E-state index is 0.0299. The average molecular weight is 308 g/mol. The molecule has 0 fully saturated rings. The molecule has 0 amide bonds. The van der Waals surface area contributed by atoms with Gasteiger partial charge in [0.15, 0.2) is 0 Å². The fraction of sp³-hybridized carbons (Fsp3) is 0.333. The molecule has 1 aliphatic rings. The lowest BCUT2D eigenvalue weighted by atomic mass is 9.99. The fourth-order valence-corrected chi connectivity index (χ4v) is 3.35. The van der Waals surface area contributed by atoms with Crippen LogP contribution in [-0.4, -0.2) is 20.6 Å². The zero-order valence-electron chi connectivity index (χ0n) is 13.2. The Bertz CT molecular complexity index is 895. The second kappa shape index (κ2) is 5.66. The van der Waals surface area contributed by atoms with Gasteiger partial charge in [0.25, 0.3) is 5.56 Å². The third-order valence-electron chi connectivity index (χ3n) is 4.69. The van der Waals surface area contributed by atoms with Crippen LogP contribution in [0, 0.1) is 0 Å². The molecule has 2 aromatic heterocycles. The highest BCUT2D eigenvalue weighted by molar-refractivity contribution is 5.50. The second-order valence-corrected chi connectivity index (χ2v) is 6.16. The number of H-pyrrole nitrogens is 1. The largest absolute Gasteiger partial charge is 0.308 e. The third-order valence-corrected chi connectivity index (χ3v) is 4.69. The Hall–Kier alpha value is -2.40. The molecule has 0 bridgehead atoms. The number of fused-ring (bicyclic) bond motifs is 3. The number of hydrogen-bond acceptors (Lipinski definition) is 3. The molecule has 118 valence electrons. The van der Waals surface area contributed by atoms with E-state index in [9.17, 15) is 4.79 Å². The zero-order valence-corrected chi connectivity index (χ0v) is 13.2. The molecule has 1 aliphatic heterocycles. The first-order valence-corrected chi connectivity index (χ1v) is 8.14. The lowest BCUT2D eigenvalue weighted by molar-refractivity contribution is 0.451. The normalized spacial score (nSPS) is 17.3. The Labute approximate surface area is 134 Å². The maximum Gasteiger partial charge on any atom is 0.254 e. The monoisotopic (exact) mass is 308 g/mol. The van der Waals surface area contributed by atoms with Gasteiger partial charge in [-0.05, 0) is 18.4 Å². The summed E-state index contributed by atoms with van der Waals surface area (Å²) in [6.45, 7) is 2.84. The van der Waals surface area contributed by atoms with Crippen LogP contribution in [0.15, 0.2) is 41.3 Å². The molecule has 5 nitrogen and oxygen atoms in total. The van der Waals surface area contributed by atoms with Crippen LogP contribution < -0.4 is 10.9 Å². The van der Waals surface area contributed by atoms with Crippen LogP contribution in [0.2, 0.25) is 0 Å². The Balaban J connectivity index is 1.79. The minimum Gasteiger partial charge on any atom is -0.308 e. The van der Waals surface area contributed by atoms with E-state index >= 15 is 0 Å². The molecule has 0 saturated carbocycles. The van der Waals surface area contributed by atoms with Gasteiger partial charge in [0, 0.05) is 30.1 Å². The maximum absolute atomic E-state index is 12.5. The van der Waals surface area contributed by atoms with E-state index in [1.54, 1.807) is 0 Å². The van der Waals surface area contributed by atoms with Gasteiger partial charge in [-0.15, -0.1) is 0 Å². The summed E-state index contributed by atoms with van der Waals surface area (Å²) in [7, 11) is 0. The molecule has 0 aliphatic carbocycles. The molecule has 1 atom stereocenters. The maximum atomic E-state index is 12.5. The highest BCUT2D eigenvalue weighted by Gasteiger charge is 2.23. The molecule has 0 saturated heterocycles. The van der Waals surface area contributed by atoms with Crippen molar-refractivity contribution in [3.63, 3.8) is 0 Å². The number of nitrogens with one attached hydrogen (secondary N) is 2. The summed E-state index contributed by atoms with van der Waals surface area (Å²) in [6, 6.07) is 10.6. The predicted molar refractivity (Wildman–Crippen MR) is 89.7 cm³/mol. The van der Waals surface area contributed by atoms with E-state index in [2.05, 4.69) is 34.5 Å². The zero-order chi connectivity index (χ0) is 15.8. The van der Waals surface area contributed by atoms with Crippen LogP contribution in [0.1, 0.15) is 35.7 Å². The summed E-state index contributed by atoms with van der Waals surface area (Å²) in [6.07, 6.45) is 4.43. The van der Waals surface area contributed by atoms with Crippen LogP contribution >= 0.6 is 0 Å². The number of aromatic amines is 1. The third kappa shape index (κ3) is 2.47. The van der Waals surface area contributed by atoms with Crippen molar-refractivity contribution >= 4 is 5.65 Å². The van der Waals surface area contributed by atoms with Crippen molar-refractivity contribution in [2.45, 2.75) is 38.8 Å². The smallest absolute Gasteiger partial charge is 0.254 e. The first-order chi connectivity index (χ1) is 11.3. The van der Waals surface area contributed by atoms with Gasteiger partial charge in [-0.3, -0.25) is 4.79 Å². The van der Waals surface area contributed by atoms with Crippen molar-refractivity contribution in [1.82, 2.24) is 19.9 Å². The van der Waals surface area contributed by atoms with Gasteiger partial charge < -0.3 is 10.3 Å². The summed E-state index contributed by atoms with van der Waals surface area (Å²) < 4.78 is 1.90. The molecule has 23 heavy (non-hydrogen) atoms. The first-order valence-electron chi connectivity index (χ1n) is 8.14. The number of aromatic nitrogens is 3. The standard InChI is InChI=1S/C18H20N4O/c1-2-14-9-15-16(11-19-14)22-17(21-18(15)23)13(10-20-22)8-12-6-4-3-5-7-12/h3-7,10,14,19H,2,8-9,11H2,1H3,(H,21,23). The summed E-state index contributed by atoms with van der Waals surface area (Å²) in [5, 5.41) is 8.02. The van der Waals surface area contributed by atoms with Crippen molar-refractivity contribution in [3.05, 3.63) is 69.3 Å². The summed E-state index contributed by atoms with van der Waals surface area (Å²) >= 11 is 0. The van der Waals surface area contributed by atoms with Crippen molar-refractivity contribution in [3.8, 4) is 0 Å². The fourth-order valence-electron chi connectivity index (χ4n) is 3.35. The van der Waals surface area contributed by atoms with Crippen molar-refractivity contribution in [2.75, 3.05) is 0 Å². The van der Waals surface area contributed by atoms with E-state index in [0.29, 0.717) is 12.6 Å². The van der Waals surface area contributed by atoms with Crippen LogP contribution in [0.3, 0.4) is 0 Å². The van der Waals surface area contributed by atoms with E-state index < -0.39 is 0 Å². The van der Waals surface area contributed by atoms with E-state index in [1.807, 2.05) is 28.9 Å². The lowest BCUT2D eigenvalue weighted by Crippen LogP contribution is -2.39. The molecule has 3 heterocycles. The molecule has 1 unspecified atom stereocenters. The number of nitrogens with zero attached hydrogens (tertiary/aromatic N) is 2. The van der Waals surface area contributed by atoms with E-state index in [4.69, 9.17) is 0 Å². The molecular weight excluding hydrogens is 288 g/mol. The van der Waals surface area contributed by atoms with E-state index in [-0.39, 0.29) is 5.56 Å². The second-order valence-electron chi connectivity index (χ2n) is 6.16.